The van der Waals surface area contributed by atoms with Gasteiger partial charge in [0, 0.05) is 44.8 Å². The Morgan fingerprint density at radius 2 is 1.85 bits per heavy atom. The van der Waals surface area contributed by atoms with Gasteiger partial charge in [0.05, 0.1) is 48.4 Å². The molecule has 0 atom stereocenters. The number of ether oxygens (including phenoxy) is 2. The van der Waals surface area contributed by atoms with Crippen molar-refractivity contribution in [1.82, 2.24) is 33.8 Å². The fourth-order valence-electron chi connectivity index (χ4n) is 5.97. The molecule has 2 aromatic carbocycles. The summed E-state index contributed by atoms with van der Waals surface area (Å²) in [6.45, 7) is 10.9. The molecule has 6 rings (SSSR count). The van der Waals surface area contributed by atoms with Crippen LogP contribution in [0.4, 0.5) is 5.95 Å². The van der Waals surface area contributed by atoms with E-state index in [9.17, 15) is 9.59 Å². The maximum atomic E-state index is 13.3. The van der Waals surface area contributed by atoms with Gasteiger partial charge in [0.1, 0.15) is 17.0 Å². The molecule has 4 heterocycles. The lowest BCUT2D eigenvalue weighted by atomic mass is 10.2. The van der Waals surface area contributed by atoms with Gasteiger partial charge in [0.15, 0.2) is 0 Å². The summed E-state index contributed by atoms with van der Waals surface area (Å²) in [6.07, 6.45) is 4.47. The first-order valence-electron chi connectivity index (χ1n) is 15.9. The molecule has 13 nitrogen and oxygen atoms in total. The normalized spacial score (nSPS) is 13.9. The number of nitrogens with zero attached hydrogens (tertiary/aromatic N) is 7. The molecular formula is C33H41N9O4. The number of nitrogens with two attached hydrogens (primary N) is 1. The number of unbranched alkanes of at least 4 members (excludes halogenated alkanes) is 1. The van der Waals surface area contributed by atoms with Crippen molar-refractivity contribution in [2.24, 2.45) is 5.73 Å². The number of amides is 2. The number of aryl methyl sites for hydroxylation is 4. The van der Waals surface area contributed by atoms with Gasteiger partial charge < -0.3 is 24.3 Å². The number of nitrogens with one attached hydrogen (secondary N) is 1. The Labute approximate surface area is 267 Å². The van der Waals surface area contributed by atoms with Crippen molar-refractivity contribution in [1.29, 1.82) is 0 Å². The molecule has 0 saturated carbocycles. The predicted molar refractivity (Wildman–Crippen MR) is 175 cm³/mol. The molecule has 0 bridgehead atoms. The minimum absolute atomic E-state index is 0.295. The van der Waals surface area contributed by atoms with Crippen LogP contribution < -0.4 is 15.8 Å². The first kappa shape index (κ1) is 31.2. The van der Waals surface area contributed by atoms with Gasteiger partial charge in [-0.2, -0.15) is 5.10 Å². The predicted octanol–water partition coefficient (Wildman–Crippen LogP) is 3.84. The van der Waals surface area contributed by atoms with Crippen LogP contribution >= 0.6 is 0 Å². The van der Waals surface area contributed by atoms with E-state index in [-0.39, 0.29) is 5.91 Å². The largest absolute Gasteiger partial charge is 0.491 e. The van der Waals surface area contributed by atoms with Crippen LogP contribution in [-0.4, -0.2) is 85.1 Å². The number of primary amides is 1. The third-order valence-electron chi connectivity index (χ3n) is 8.30. The highest BCUT2D eigenvalue weighted by molar-refractivity contribution is 6.03. The van der Waals surface area contributed by atoms with Gasteiger partial charge in [0.2, 0.25) is 11.9 Å². The standard InChI is InChI=1S/C33H41N9O4/c1-3-42-28(20-23(2)38-42)32(44)37-33-36-26-21-24(31(34)43)10-11-27(26)41(33)14-5-4-13-40-22-35-25-8-6-9-29(30(25)40)46-17-7-12-39-15-18-45-19-16-39/h6,8-11,20-22H,3-5,7,12-19H2,1-2H3,(H2,34,43)(H,36,37,44). The van der Waals surface area contributed by atoms with E-state index >= 15 is 0 Å². The summed E-state index contributed by atoms with van der Waals surface area (Å²) >= 11 is 0. The van der Waals surface area contributed by atoms with Crippen LogP contribution in [0, 0.1) is 6.92 Å². The van der Waals surface area contributed by atoms with E-state index in [0.717, 1.165) is 86.6 Å². The zero-order chi connectivity index (χ0) is 32.0. The topological polar surface area (TPSA) is 147 Å². The lowest BCUT2D eigenvalue weighted by molar-refractivity contribution is 0.0358. The van der Waals surface area contributed by atoms with E-state index < -0.39 is 5.91 Å². The van der Waals surface area contributed by atoms with Crippen molar-refractivity contribution in [3.05, 3.63) is 65.7 Å². The minimum Gasteiger partial charge on any atom is -0.491 e. The summed E-state index contributed by atoms with van der Waals surface area (Å²) in [6, 6.07) is 12.9. The van der Waals surface area contributed by atoms with E-state index in [2.05, 4.69) is 29.9 Å². The van der Waals surface area contributed by atoms with Gasteiger partial charge in [-0.15, -0.1) is 0 Å². The van der Waals surface area contributed by atoms with E-state index in [4.69, 9.17) is 15.2 Å². The minimum atomic E-state index is -0.530. The van der Waals surface area contributed by atoms with Crippen LogP contribution in [0.2, 0.25) is 0 Å². The molecule has 0 aliphatic carbocycles. The van der Waals surface area contributed by atoms with Crippen LogP contribution in [0.5, 0.6) is 5.75 Å². The molecule has 3 N–H and O–H groups in total. The van der Waals surface area contributed by atoms with Crippen molar-refractivity contribution in [2.45, 2.75) is 52.7 Å². The number of imidazole rings is 2. The molecule has 0 unspecified atom stereocenters. The Balaban J connectivity index is 1.13. The number of fused-ring (bicyclic) bond motifs is 2. The number of hydrogen-bond acceptors (Lipinski definition) is 8. The molecule has 242 valence electrons. The molecule has 0 spiro atoms. The van der Waals surface area contributed by atoms with Crippen molar-refractivity contribution >= 4 is 39.8 Å². The average molecular weight is 628 g/mol. The second-order valence-corrected chi connectivity index (χ2v) is 11.5. The molecule has 46 heavy (non-hydrogen) atoms. The van der Waals surface area contributed by atoms with Crippen LogP contribution in [0.15, 0.2) is 48.8 Å². The smallest absolute Gasteiger partial charge is 0.276 e. The molecule has 2 amide bonds. The van der Waals surface area contributed by atoms with Crippen LogP contribution in [0.3, 0.4) is 0 Å². The number of para-hydroxylation sites is 1. The number of aromatic nitrogens is 6. The number of benzene rings is 2. The van der Waals surface area contributed by atoms with Crippen molar-refractivity contribution < 1.29 is 19.1 Å². The molecular weight excluding hydrogens is 586 g/mol. The maximum Gasteiger partial charge on any atom is 0.276 e. The summed E-state index contributed by atoms with van der Waals surface area (Å²) in [7, 11) is 0. The number of carbonyl (C=O) groups excluding carboxylic acids is 2. The summed E-state index contributed by atoms with van der Waals surface area (Å²) in [5.74, 6) is 0.423. The third kappa shape index (κ3) is 6.90. The molecule has 0 radical (unpaired) electrons. The van der Waals surface area contributed by atoms with Gasteiger partial charge in [-0.05, 0) is 69.5 Å². The number of carbonyl (C=O) groups is 2. The molecule has 3 aromatic heterocycles. The van der Waals surface area contributed by atoms with E-state index in [1.54, 1.807) is 22.9 Å². The van der Waals surface area contributed by atoms with Crippen molar-refractivity contribution in [3.8, 4) is 5.75 Å². The van der Waals surface area contributed by atoms with Crippen molar-refractivity contribution in [3.63, 3.8) is 0 Å². The summed E-state index contributed by atoms with van der Waals surface area (Å²) in [4.78, 5) is 36.8. The zero-order valence-electron chi connectivity index (χ0n) is 26.4. The SMILES string of the molecule is CCn1nc(C)cc1C(=O)Nc1nc2cc(C(N)=O)ccc2n1CCCCn1cnc2cccc(OCCCN3CCOCC3)c21. The highest BCUT2D eigenvalue weighted by atomic mass is 16.5. The second-order valence-electron chi connectivity index (χ2n) is 11.5. The average Bonchev–Trinajstić information content (AvgIpc) is 3.76. The highest BCUT2D eigenvalue weighted by Crippen LogP contribution is 2.27. The van der Waals surface area contributed by atoms with Crippen LogP contribution in [-0.2, 0) is 24.4 Å². The molecule has 13 heteroatoms. The van der Waals surface area contributed by atoms with Crippen molar-refractivity contribution in [2.75, 3.05) is 44.8 Å². The van der Waals surface area contributed by atoms with Gasteiger partial charge in [-0.1, -0.05) is 6.07 Å². The molecule has 1 fully saturated rings. The maximum absolute atomic E-state index is 13.3. The fraction of sp³-hybridized carbons (Fsp3) is 0.424. The van der Waals surface area contributed by atoms with Crippen LogP contribution in [0.25, 0.3) is 22.1 Å². The monoisotopic (exact) mass is 627 g/mol. The van der Waals surface area contributed by atoms with Gasteiger partial charge in [0.25, 0.3) is 5.91 Å². The summed E-state index contributed by atoms with van der Waals surface area (Å²) < 4.78 is 17.5. The summed E-state index contributed by atoms with van der Waals surface area (Å²) in [5.41, 5.74) is 10.4. The number of morpholine rings is 1. The quantitative estimate of drug-likeness (QED) is 0.177. The van der Waals surface area contributed by atoms with Crippen LogP contribution in [0.1, 0.15) is 52.7 Å². The fourth-order valence-corrected chi connectivity index (χ4v) is 5.97. The third-order valence-corrected chi connectivity index (χ3v) is 8.30. The highest BCUT2D eigenvalue weighted by Gasteiger charge is 2.19. The Bertz CT molecular complexity index is 1830. The Morgan fingerprint density at radius 1 is 1.02 bits per heavy atom. The van der Waals surface area contributed by atoms with E-state index in [0.29, 0.717) is 42.4 Å². The van der Waals surface area contributed by atoms with E-state index in [1.165, 1.54) is 0 Å². The Kier molecular flexibility index (Phi) is 9.60. The second kappa shape index (κ2) is 14.1. The summed E-state index contributed by atoms with van der Waals surface area (Å²) in [5, 5.41) is 7.37. The lowest BCUT2D eigenvalue weighted by Gasteiger charge is -2.26. The molecule has 1 aliphatic rings. The molecule has 5 aromatic rings. The molecule has 1 saturated heterocycles. The first-order chi connectivity index (χ1) is 22.4. The zero-order valence-corrected chi connectivity index (χ0v) is 26.4. The van der Waals surface area contributed by atoms with Gasteiger partial charge >= 0.3 is 0 Å². The number of hydrogen-bond donors (Lipinski definition) is 2. The number of anilines is 1. The van der Waals surface area contributed by atoms with Gasteiger partial charge in [-0.25, -0.2) is 9.97 Å². The molecule has 1 aliphatic heterocycles. The van der Waals surface area contributed by atoms with Gasteiger partial charge in [-0.3, -0.25) is 24.5 Å². The first-order valence-corrected chi connectivity index (χ1v) is 15.9. The number of rotatable bonds is 14. The Morgan fingerprint density at radius 3 is 2.65 bits per heavy atom. The lowest BCUT2D eigenvalue weighted by Crippen LogP contribution is -2.37. The Hall–Kier alpha value is -4.75. The van der Waals surface area contributed by atoms with E-state index in [1.807, 2.05) is 49.0 Å².